The Balaban J connectivity index is 2.23. The van der Waals surface area contributed by atoms with Gasteiger partial charge in [-0.05, 0) is 30.7 Å². The van der Waals surface area contributed by atoms with Crippen LogP contribution in [0.4, 0.5) is 5.69 Å². The molecule has 1 aromatic heterocycles. The number of nitrogens with zero attached hydrogens (tertiary/aromatic N) is 2. The van der Waals surface area contributed by atoms with E-state index in [0.29, 0.717) is 5.56 Å². The number of phenolic OH excluding ortho intramolecular Hbond substituents is 1. The SMILES string of the molecule is Cc1cc(NS(=O)(=O)c2cnn(CC(=O)O)c2)ccc1O. The number of aryl methyl sites for hydroxylation is 1. The molecule has 0 bridgehead atoms. The summed E-state index contributed by atoms with van der Waals surface area (Å²) in [7, 11) is -3.87. The molecule has 1 heterocycles. The van der Waals surface area contributed by atoms with Crippen LogP contribution >= 0.6 is 0 Å². The Morgan fingerprint density at radius 1 is 1.43 bits per heavy atom. The Bertz CT molecular complexity index is 782. The van der Waals surface area contributed by atoms with Gasteiger partial charge in [0.2, 0.25) is 0 Å². The second-order valence-electron chi connectivity index (χ2n) is 4.37. The number of phenols is 1. The lowest BCUT2D eigenvalue weighted by Gasteiger charge is -2.07. The number of rotatable bonds is 5. The molecule has 1 aromatic carbocycles. The van der Waals surface area contributed by atoms with Crippen molar-refractivity contribution in [3.63, 3.8) is 0 Å². The molecule has 0 fully saturated rings. The normalized spacial score (nSPS) is 11.3. The summed E-state index contributed by atoms with van der Waals surface area (Å²) in [6.45, 7) is 1.21. The molecular weight excluding hydrogens is 298 g/mol. The zero-order valence-corrected chi connectivity index (χ0v) is 11.8. The second kappa shape index (κ2) is 5.44. The molecule has 0 aliphatic carbocycles. The molecule has 21 heavy (non-hydrogen) atoms. The zero-order chi connectivity index (χ0) is 15.6. The lowest BCUT2D eigenvalue weighted by atomic mass is 10.2. The molecule has 0 saturated carbocycles. The minimum atomic E-state index is -3.87. The summed E-state index contributed by atoms with van der Waals surface area (Å²) in [6.07, 6.45) is 2.20. The second-order valence-corrected chi connectivity index (χ2v) is 6.06. The maximum atomic E-state index is 12.1. The van der Waals surface area contributed by atoms with Gasteiger partial charge < -0.3 is 10.2 Å². The van der Waals surface area contributed by atoms with E-state index in [2.05, 4.69) is 9.82 Å². The van der Waals surface area contributed by atoms with E-state index in [9.17, 15) is 18.3 Å². The molecule has 3 N–H and O–H groups in total. The molecule has 9 heteroatoms. The van der Waals surface area contributed by atoms with Crippen molar-refractivity contribution in [3.8, 4) is 5.75 Å². The van der Waals surface area contributed by atoms with Gasteiger partial charge in [-0.1, -0.05) is 0 Å². The van der Waals surface area contributed by atoms with Crippen LogP contribution in [0.3, 0.4) is 0 Å². The number of aliphatic carboxylic acids is 1. The van der Waals surface area contributed by atoms with Crippen molar-refractivity contribution in [1.29, 1.82) is 0 Å². The van der Waals surface area contributed by atoms with Crippen molar-refractivity contribution >= 4 is 21.7 Å². The summed E-state index contributed by atoms with van der Waals surface area (Å²) in [5.41, 5.74) is 0.813. The van der Waals surface area contributed by atoms with Crippen LogP contribution in [0.2, 0.25) is 0 Å². The van der Waals surface area contributed by atoms with Gasteiger partial charge in [-0.2, -0.15) is 5.10 Å². The minimum absolute atomic E-state index is 0.0622. The number of carboxylic acid groups (broad SMARTS) is 1. The first kappa shape index (κ1) is 14.9. The number of hydrogen-bond donors (Lipinski definition) is 3. The summed E-state index contributed by atoms with van der Waals surface area (Å²) in [5.74, 6) is -1.06. The molecule has 8 nitrogen and oxygen atoms in total. The van der Waals surface area contributed by atoms with Crippen molar-refractivity contribution in [2.75, 3.05) is 4.72 Å². The highest BCUT2D eigenvalue weighted by Gasteiger charge is 2.17. The van der Waals surface area contributed by atoms with E-state index in [-0.39, 0.29) is 16.3 Å². The maximum absolute atomic E-state index is 12.1. The molecule has 2 rings (SSSR count). The number of sulfonamides is 1. The van der Waals surface area contributed by atoms with Crippen LogP contribution in [0.25, 0.3) is 0 Å². The number of aromatic hydroxyl groups is 1. The molecule has 0 atom stereocenters. The topological polar surface area (TPSA) is 122 Å². The van der Waals surface area contributed by atoms with Crippen LogP contribution in [0.15, 0.2) is 35.5 Å². The minimum Gasteiger partial charge on any atom is -0.508 e. The third-order valence-electron chi connectivity index (χ3n) is 2.67. The standard InChI is InChI=1S/C12H13N3O5S/c1-8-4-9(2-3-11(8)16)14-21(19,20)10-5-13-15(6-10)7-12(17)18/h2-6,14,16H,7H2,1H3,(H,17,18). The number of carbonyl (C=O) groups is 1. The monoisotopic (exact) mass is 311 g/mol. The van der Waals surface area contributed by atoms with Crippen LogP contribution in [-0.4, -0.2) is 34.4 Å². The number of carboxylic acids is 1. The summed E-state index contributed by atoms with van der Waals surface area (Å²) in [4.78, 5) is 10.4. The molecule has 0 radical (unpaired) electrons. The van der Waals surface area contributed by atoms with E-state index in [4.69, 9.17) is 5.11 Å². The molecule has 0 saturated heterocycles. The van der Waals surface area contributed by atoms with Gasteiger partial charge in [0.15, 0.2) is 0 Å². The van der Waals surface area contributed by atoms with Gasteiger partial charge in [-0.25, -0.2) is 8.42 Å². The lowest BCUT2D eigenvalue weighted by Crippen LogP contribution is -2.13. The molecule has 0 spiro atoms. The first-order valence-corrected chi connectivity index (χ1v) is 7.33. The third kappa shape index (κ3) is 3.51. The predicted octanol–water partition coefficient (Wildman–Crippen LogP) is 0.783. The van der Waals surface area contributed by atoms with E-state index in [1.165, 1.54) is 18.2 Å². The van der Waals surface area contributed by atoms with E-state index in [0.717, 1.165) is 17.1 Å². The average molecular weight is 311 g/mol. The van der Waals surface area contributed by atoms with Crippen molar-refractivity contribution in [3.05, 3.63) is 36.2 Å². The summed E-state index contributed by atoms with van der Waals surface area (Å²) in [5, 5.41) is 21.7. The highest BCUT2D eigenvalue weighted by Crippen LogP contribution is 2.22. The molecule has 0 unspecified atom stereocenters. The van der Waals surface area contributed by atoms with Gasteiger partial charge in [0.05, 0.1) is 6.20 Å². The number of benzene rings is 1. The largest absolute Gasteiger partial charge is 0.508 e. The van der Waals surface area contributed by atoms with Gasteiger partial charge >= 0.3 is 5.97 Å². The Kier molecular flexibility index (Phi) is 3.85. The van der Waals surface area contributed by atoms with E-state index in [1.54, 1.807) is 6.92 Å². The third-order valence-corrected chi connectivity index (χ3v) is 4.00. The number of nitrogens with one attached hydrogen (secondary N) is 1. The van der Waals surface area contributed by atoms with Crippen LogP contribution < -0.4 is 4.72 Å². The first-order valence-electron chi connectivity index (χ1n) is 5.84. The summed E-state index contributed by atoms with van der Waals surface area (Å²) in [6, 6.07) is 4.27. The van der Waals surface area contributed by atoms with E-state index < -0.39 is 22.5 Å². The molecule has 0 aliphatic heterocycles. The van der Waals surface area contributed by atoms with Gasteiger partial charge in [-0.3, -0.25) is 14.2 Å². The fraction of sp³-hybridized carbons (Fsp3) is 0.167. The quantitative estimate of drug-likeness (QED) is 0.702. The van der Waals surface area contributed by atoms with Crippen molar-refractivity contribution < 1.29 is 23.4 Å². The van der Waals surface area contributed by atoms with Crippen LogP contribution in [0, 0.1) is 6.92 Å². The van der Waals surface area contributed by atoms with Crippen LogP contribution in [0.5, 0.6) is 5.75 Å². The van der Waals surface area contributed by atoms with Crippen LogP contribution in [0.1, 0.15) is 5.56 Å². The first-order chi connectivity index (χ1) is 9.78. The predicted molar refractivity (Wildman–Crippen MR) is 73.5 cm³/mol. The summed E-state index contributed by atoms with van der Waals surface area (Å²) < 4.78 is 27.6. The van der Waals surface area contributed by atoms with Crippen molar-refractivity contribution in [1.82, 2.24) is 9.78 Å². The van der Waals surface area contributed by atoms with Gasteiger partial charge in [0.25, 0.3) is 10.0 Å². The Labute approximate surface area is 120 Å². The highest BCUT2D eigenvalue weighted by atomic mass is 32.2. The maximum Gasteiger partial charge on any atom is 0.325 e. The van der Waals surface area contributed by atoms with Gasteiger partial charge in [-0.15, -0.1) is 0 Å². The number of aromatic nitrogens is 2. The average Bonchev–Trinajstić information content (AvgIpc) is 2.82. The molecule has 112 valence electrons. The van der Waals surface area contributed by atoms with Gasteiger partial charge in [0.1, 0.15) is 17.2 Å². The fourth-order valence-corrected chi connectivity index (χ4v) is 2.64. The summed E-state index contributed by atoms with van der Waals surface area (Å²) >= 11 is 0. The van der Waals surface area contributed by atoms with Crippen LogP contribution in [-0.2, 0) is 21.4 Å². The van der Waals surface area contributed by atoms with E-state index in [1.807, 2.05) is 0 Å². The Morgan fingerprint density at radius 3 is 2.76 bits per heavy atom. The molecular formula is C12H13N3O5S. The number of anilines is 1. The Hall–Kier alpha value is -2.55. The van der Waals surface area contributed by atoms with Crippen molar-refractivity contribution in [2.24, 2.45) is 0 Å². The fourth-order valence-electron chi connectivity index (χ4n) is 1.64. The highest BCUT2D eigenvalue weighted by molar-refractivity contribution is 7.92. The molecule has 0 aliphatic rings. The number of hydrogen-bond acceptors (Lipinski definition) is 5. The smallest absolute Gasteiger partial charge is 0.325 e. The Morgan fingerprint density at radius 2 is 2.14 bits per heavy atom. The lowest BCUT2D eigenvalue weighted by molar-refractivity contribution is -0.137. The molecule has 0 amide bonds. The zero-order valence-electron chi connectivity index (χ0n) is 11.0. The van der Waals surface area contributed by atoms with Crippen molar-refractivity contribution in [2.45, 2.75) is 18.4 Å². The molecule has 2 aromatic rings. The van der Waals surface area contributed by atoms with E-state index >= 15 is 0 Å². The van der Waals surface area contributed by atoms with Gasteiger partial charge in [0, 0.05) is 11.9 Å².